The van der Waals surface area contributed by atoms with Gasteiger partial charge in [0, 0.05) is 38.9 Å². The van der Waals surface area contributed by atoms with E-state index in [1.54, 1.807) is 0 Å². The largest absolute Gasteiger partial charge is 0.483 e. The van der Waals surface area contributed by atoms with Crippen molar-refractivity contribution >= 4 is 5.91 Å². The fourth-order valence-corrected chi connectivity index (χ4v) is 2.97. The quantitative estimate of drug-likeness (QED) is 0.839. The van der Waals surface area contributed by atoms with Crippen LogP contribution in [0.5, 0.6) is 5.75 Å². The molecule has 0 atom stereocenters. The Balaban J connectivity index is 1.46. The van der Waals surface area contributed by atoms with E-state index in [0.717, 1.165) is 55.3 Å². The van der Waals surface area contributed by atoms with Crippen LogP contribution in [0, 0.1) is 13.8 Å². The Morgan fingerprint density at radius 1 is 1.12 bits per heavy atom. The molecule has 2 aromatic rings. The highest BCUT2D eigenvalue weighted by Crippen LogP contribution is 2.19. The Labute approximate surface area is 149 Å². The molecule has 0 saturated carbocycles. The summed E-state index contributed by atoms with van der Waals surface area (Å²) < 4.78 is 5.74. The highest BCUT2D eigenvalue weighted by Gasteiger charge is 2.21. The van der Waals surface area contributed by atoms with Gasteiger partial charge >= 0.3 is 0 Å². The fraction of sp³-hybridized carbons (Fsp3) is 0.400. The predicted molar refractivity (Wildman–Crippen MR) is 97.5 cm³/mol. The van der Waals surface area contributed by atoms with Gasteiger partial charge in [0.05, 0.1) is 5.69 Å². The number of carbonyl (C=O) groups excluding carboxylic acids is 1. The van der Waals surface area contributed by atoms with Crippen molar-refractivity contribution < 1.29 is 9.53 Å². The highest BCUT2D eigenvalue weighted by atomic mass is 16.5. The molecule has 1 aliphatic rings. The van der Waals surface area contributed by atoms with Gasteiger partial charge in [-0.1, -0.05) is 18.2 Å². The molecular formula is C20H25N3O2. The van der Waals surface area contributed by atoms with Crippen LogP contribution in [0.2, 0.25) is 0 Å². The third-order valence-corrected chi connectivity index (χ3v) is 4.53. The summed E-state index contributed by atoms with van der Waals surface area (Å²) in [6, 6.07) is 12.0. The number of hydrogen-bond acceptors (Lipinski definition) is 4. The standard InChI is InChI=1S/C20H25N3O2/c1-16-6-7-17(2)19(13-16)25-15-20(24)23-11-9-22(10-12-23)14-18-5-3-4-8-21-18/h3-8,13H,9-12,14-15H2,1-2H3. The second-order valence-corrected chi connectivity index (χ2v) is 6.54. The fourth-order valence-electron chi connectivity index (χ4n) is 2.97. The third-order valence-electron chi connectivity index (χ3n) is 4.53. The molecule has 1 aromatic carbocycles. The first-order chi connectivity index (χ1) is 12.1. The summed E-state index contributed by atoms with van der Waals surface area (Å²) in [4.78, 5) is 21.0. The Kier molecular flexibility index (Phi) is 5.66. The SMILES string of the molecule is Cc1ccc(C)c(OCC(=O)N2CCN(Cc3ccccn3)CC2)c1. The first-order valence-corrected chi connectivity index (χ1v) is 8.72. The van der Waals surface area contributed by atoms with Gasteiger partial charge in [-0.2, -0.15) is 0 Å². The van der Waals surface area contributed by atoms with Gasteiger partial charge in [-0.15, -0.1) is 0 Å². The Bertz CT molecular complexity index is 710. The van der Waals surface area contributed by atoms with Gasteiger partial charge in [0.1, 0.15) is 5.75 Å². The van der Waals surface area contributed by atoms with Gasteiger partial charge in [0.25, 0.3) is 5.91 Å². The molecule has 0 unspecified atom stereocenters. The average molecular weight is 339 g/mol. The minimum Gasteiger partial charge on any atom is -0.483 e. The summed E-state index contributed by atoms with van der Waals surface area (Å²) in [6.07, 6.45) is 1.82. The lowest BCUT2D eigenvalue weighted by molar-refractivity contribution is -0.135. The van der Waals surface area contributed by atoms with Crippen molar-refractivity contribution in [2.45, 2.75) is 20.4 Å². The molecule has 1 aromatic heterocycles. The van der Waals surface area contributed by atoms with Gasteiger partial charge < -0.3 is 9.64 Å². The van der Waals surface area contributed by atoms with Crippen LogP contribution in [0.4, 0.5) is 0 Å². The smallest absolute Gasteiger partial charge is 0.260 e. The molecule has 0 radical (unpaired) electrons. The minimum atomic E-state index is 0.0541. The molecular weight excluding hydrogens is 314 g/mol. The van der Waals surface area contributed by atoms with Gasteiger partial charge in [-0.05, 0) is 43.2 Å². The Morgan fingerprint density at radius 2 is 1.92 bits per heavy atom. The zero-order valence-corrected chi connectivity index (χ0v) is 14.9. The van der Waals surface area contributed by atoms with Crippen molar-refractivity contribution in [3.8, 4) is 5.75 Å². The third kappa shape index (κ3) is 4.79. The molecule has 0 spiro atoms. The number of nitrogens with zero attached hydrogens (tertiary/aromatic N) is 3. The Morgan fingerprint density at radius 3 is 2.64 bits per heavy atom. The topological polar surface area (TPSA) is 45.7 Å². The maximum atomic E-state index is 12.4. The molecule has 0 N–H and O–H groups in total. The number of amides is 1. The number of pyridine rings is 1. The van der Waals surface area contributed by atoms with E-state index < -0.39 is 0 Å². The zero-order chi connectivity index (χ0) is 17.6. The summed E-state index contributed by atoms with van der Waals surface area (Å²) in [5.74, 6) is 0.848. The highest BCUT2D eigenvalue weighted by molar-refractivity contribution is 5.78. The molecule has 1 fully saturated rings. The minimum absolute atomic E-state index is 0.0541. The molecule has 5 nitrogen and oxygen atoms in total. The first-order valence-electron chi connectivity index (χ1n) is 8.72. The van der Waals surface area contributed by atoms with E-state index in [9.17, 15) is 4.79 Å². The molecule has 2 heterocycles. The Hall–Kier alpha value is -2.40. The van der Waals surface area contributed by atoms with Crippen LogP contribution in [0.25, 0.3) is 0 Å². The van der Waals surface area contributed by atoms with Crippen molar-refractivity contribution in [2.75, 3.05) is 32.8 Å². The van der Waals surface area contributed by atoms with Crippen LogP contribution in [-0.4, -0.2) is 53.5 Å². The van der Waals surface area contributed by atoms with Crippen LogP contribution in [-0.2, 0) is 11.3 Å². The number of piperazine rings is 1. The summed E-state index contributed by atoms with van der Waals surface area (Å²) in [7, 11) is 0. The summed E-state index contributed by atoms with van der Waals surface area (Å²) in [6.45, 7) is 8.16. The number of benzene rings is 1. The summed E-state index contributed by atoms with van der Waals surface area (Å²) in [5.41, 5.74) is 3.26. The van der Waals surface area contributed by atoms with Crippen molar-refractivity contribution in [2.24, 2.45) is 0 Å². The van der Waals surface area contributed by atoms with Crippen molar-refractivity contribution in [3.63, 3.8) is 0 Å². The van der Waals surface area contributed by atoms with E-state index in [1.165, 1.54) is 0 Å². The molecule has 25 heavy (non-hydrogen) atoms. The van der Waals surface area contributed by atoms with E-state index in [0.29, 0.717) is 0 Å². The number of ether oxygens (including phenoxy) is 1. The molecule has 132 valence electrons. The number of hydrogen-bond donors (Lipinski definition) is 0. The molecule has 5 heteroatoms. The normalized spacial score (nSPS) is 15.2. The van der Waals surface area contributed by atoms with E-state index in [2.05, 4.69) is 9.88 Å². The first kappa shape index (κ1) is 17.4. The molecule has 1 amide bonds. The zero-order valence-electron chi connectivity index (χ0n) is 14.9. The lowest BCUT2D eigenvalue weighted by Crippen LogP contribution is -2.49. The number of carbonyl (C=O) groups is 1. The van der Waals surface area contributed by atoms with E-state index in [4.69, 9.17) is 4.74 Å². The van der Waals surface area contributed by atoms with Crippen molar-refractivity contribution in [1.82, 2.24) is 14.8 Å². The monoisotopic (exact) mass is 339 g/mol. The molecule has 1 saturated heterocycles. The van der Waals surface area contributed by atoms with E-state index >= 15 is 0 Å². The molecule has 0 bridgehead atoms. The number of rotatable bonds is 5. The van der Waals surface area contributed by atoms with Gasteiger partial charge in [-0.3, -0.25) is 14.7 Å². The maximum absolute atomic E-state index is 12.4. The van der Waals surface area contributed by atoms with Crippen molar-refractivity contribution in [1.29, 1.82) is 0 Å². The molecule has 0 aliphatic carbocycles. The number of aromatic nitrogens is 1. The predicted octanol–water partition coefficient (Wildman–Crippen LogP) is 2.42. The maximum Gasteiger partial charge on any atom is 0.260 e. The van der Waals surface area contributed by atoms with E-state index in [1.807, 2.05) is 61.3 Å². The lowest BCUT2D eigenvalue weighted by atomic mass is 10.1. The second kappa shape index (κ2) is 8.12. The molecule has 3 rings (SSSR count). The van der Waals surface area contributed by atoms with Gasteiger partial charge in [0.15, 0.2) is 6.61 Å². The van der Waals surface area contributed by atoms with Crippen LogP contribution in [0.1, 0.15) is 16.8 Å². The lowest BCUT2D eigenvalue weighted by Gasteiger charge is -2.34. The number of aryl methyl sites for hydroxylation is 2. The second-order valence-electron chi connectivity index (χ2n) is 6.54. The summed E-state index contributed by atoms with van der Waals surface area (Å²) in [5, 5.41) is 0. The molecule has 1 aliphatic heterocycles. The van der Waals surface area contributed by atoms with Crippen molar-refractivity contribution in [3.05, 3.63) is 59.4 Å². The van der Waals surface area contributed by atoms with Crippen LogP contribution in [0.3, 0.4) is 0 Å². The van der Waals surface area contributed by atoms with Crippen LogP contribution in [0.15, 0.2) is 42.6 Å². The van der Waals surface area contributed by atoms with Gasteiger partial charge in [0.2, 0.25) is 0 Å². The average Bonchev–Trinajstić information content (AvgIpc) is 2.64. The summed E-state index contributed by atoms with van der Waals surface area (Å²) >= 11 is 0. The van der Waals surface area contributed by atoms with Crippen LogP contribution < -0.4 is 4.74 Å². The van der Waals surface area contributed by atoms with Gasteiger partial charge in [-0.25, -0.2) is 0 Å². The van der Waals surface area contributed by atoms with Crippen LogP contribution >= 0.6 is 0 Å². The van der Waals surface area contributed by atoms with E-state index in [-0.39, 0.29) is 12.5 Å².